The number of hydrogen-bond donors (Lipinski definition) is 2. The van der Waals surface area contributed by atoms with Crippen LogP contribution in [0.4, 0.5) is 10.8 Å². The average molecular weight is 381 g/mol. The molecule has 0 aliphatic heterocycles. The third-order valence-electron chi connectivity index (χ3n) is 3.72. The van der Waals surface area contributed by atoms with E-state index >= 15 is 0 Å². The van der Waals surface area contributed by atoms with E-state index in [-0.39, 0.29) is 11.2 Å². The summed E-state index contributed by atoms with van der Waals surface area (Å²) in [4.78, 5) is 12.1. The van der Waals surface area contributed by atoms with Crippen LogP contribution in [0, 0.1) is 13.8 Å². The van der Waals surface area contributed by atoms with Crippen LogP contribution < -0.4 is 10.6 Å². The van der Waals surface area contributed by atoms with Crippen LogP contribution in [0.15, 0.2) is 22.5 Å². The van der Waals surface area contributed by atoms with Crippen LogP contribution >= 0.6 is 23.1 Å². The van der Waals surface area contributed by atoms with E-state index in [0.29, 0.717) is 13.2 Å². The third-order valence-corrected chi connectivity index (χ3v) is 5.75. The van der Waals surface area contributed by atoms with Crippen molar-refractivity contribution < 1.29 is 9.53 Å². The van der Waals surface area contributed by atoms with Crippen molar-refractivity contribution in [2.75, 3.05) is 25.6 Å². The van der Waals surface area contributed by atoms with Crippen molar-refractivity contribution >= 4 is 39.8 Å². The number of amides is 1. The highest BCUT2D eigenvalue weighted by Crippen LogP contribution is 2.31. The SMILES string of the molecule is COCCCNC(=O)C(C)Sc1nnc(Nc2cccc(C)c2C)s1. The summed E-state index contributed by atoms with van der Waals surface area (Å²) >= 11 is 2.87. The molecule has 6 nitrogen and oxygen atoms in total. The molecule has 8 heteroatoms. The van der Waals surface area contributed by atoms with Crippen molar-refractivity contribution in [1.82, 2.24) is 15.5 Å². The lowest BCUT2D eigenvalue weighted by Gasteiger charge is -2.10. The van der Waals surface area contributed by atoms with Gasteiger partial charge in [-0.1, -0.05) is 35.2 Å². The van der Waals surface area contributed by atoms with Crippen LogP contribution in [0.1, 0.15) is 24.5 Å². The molecule has 2 rings (SSSR count). The van der Waals surface area contributed by atoms with Gasteiger partial charge in [0.25, 0.3) is 0 Å². The Morgan fingerprint density at radius 2 is 2.16 bits per heavy atom. The summed E-state index contributed by atoms with van der Waals surface area (Å²) in [5.74, 6) is 0.000316. The Hall–Kier alpha value is -1.64. The van der Waals surface area contributed by atoms with Gasteiger partial charge >= 0.3 is 0 Å². The minimum Gasteiger partial charge on any atom is -0.385 e. The molecular formula is C17H24N4O2S2. The van der Waals surface area contributed by atoms with Gasteiger partial charge in [-0.05, 0) is 44.4 Å². The predicted molar refractivity (Wildman–Crippen MR) is 104 cm³/mol. The molecular weight excluding hydrogens is 356 g/mol. The van der Waals surface area contributed by atoms with Crippen molar-refractivity contribution in [1.29, 1.82) is 0 Å². The maximum absolute atomic E-state index is 12.1. The van der Waals surface area contributed by atoms with E-state index in [1.165, 1.54) is 34.2 Å². The molecule has 0 radical (unpaired) electrons. The van der Waals surface area contributed by atoms with Crippen LogP contribution in [-0.2, 0) is 9.53 Å². The fourth-order valence-electron chi connectivity index (χ4n) is 2.09. The van der Waals surface area contributed by atoms with E-state index in [9.17, 15) is 4.79 Å². The van der Waals surface area contributed by atoms with Crippen LogP contribution in [-0.4, -0.2) is 41.6 Å². The molecule has 0 bridgehead atoms. The standard InChI is InChI=1S/C17H24N4O2S2/c1-11-7-5-8-14(12(11)2)19-16-20-21-17(25-16)24-13(3)15(22)18-9-6-10-23-4/h5,7-8,13H,6,9-10H2,1-4H3,(H,18,22)(H,19,20). The van der Waals surface area contributed by atoms with Gasteiger partial charge in [-0.25, -0.2) is 0 Å². The van der Waals surface area contributed by atoms with Crippen molar-refractivity contribution in [2.24, 2.45) is 0 Å². The summed E-state index contributed by atoms with van der Waals surface area (Å²) in [6, 6.07) is 6.11. The Bertz CT molecular complexity index is 706. The number of anilines is 2. The Kier molecular flexibility index (Phi) is 7.67. The summed E-state index contributed by atoms with van der Waals surface area (Å²) in [6.45, 7) is 7.29. The number of ether oxygens (including phenoxy) is 1. The van der Waals surface area contributed by atoms with Crippen LogP contribution in [0.3, 0.4) is 0 Å². The highest BCUT2D eigenvalue weighted by Gasteiger charge is 2.17. The topological polar surface area (TPSA) is 76.1 Å². The van der Waals surface area contributed by atoms with Gasteiger partial charge in [0, 0.05) is 25.9 Å². The molecule has 1 heterocycles. The second-order valence-electron chi connectivity index (χ2n) is 5.64. The highest BCUT2D eigenvalue weighted by atomic mass is 32.2. The molecule has 1 atom stereocenters. The summed E-state index contributed by atoms with van der Waals surface area (Å²) in [5.41, 5.74) is 3.44. The number of carbonyl (C=O) groups is 1. The number of nitrogens with zero attached hydrogens (tertiary/aromatic N) is 2. The molecule has 1 unspecified atom stereocenters. The van der Waals surface area contributed by atoms with E-state index in [1.807, 2.05) is 19.1 Å². The second-order valence-corrected chi connectivity index (χ2v) is 8.21. The quantitative estimate of drug-likeness (QED) is 0.512. The van der Waals surface area contributed by atoms with E-state index < -0.39 is 0 Å². The molecule has 1 aromatic carbocycles. The lowest BCUT2D eigenvalue weighted by atomic mass is 10.1. The van der Waals surface area contributed by atoms with E-state index in [2.05, 4.69) is 40.7 Å². The van der Waals surface area contributed by atoms with Crippen molar-refractivity contribution in [3.8, 4) is 0 Å². The lowest BCUT2D eigenvalue weighted by Crippen LogP contribution is -2.32. The molecule has 0 saturated carbocycles. The molecule has 0 aliphatic rings. The molecule has 2 aromatic rings. The minimum absolute atomic E-state index is 0.000316. The predicted octanol–water partition coefficient (Wildman–Crippen LogP) is 3.53. The zero-order valence-corrected chi connectivity index (χ0v) is 16.6. The maximum atomic E-state index is 12.1. The molecule has 1 amide bonds. The van der Waals surface area contributed by atoms with Crippen molar-refractivity contribution in [3.63, 3.8) is 0 Å². The monoisotopic (exact) mass is 380 g/mol. The lowest BCUT2D eigenvalue weighted by molar-refractivity contribution is -0.120. The first kappa shape index (κ1) is 19.7. The number of aromatic nitrogens is 2. The van der Waals surface area contributed by atoms with Gasteiger partial charge in [-0.15, -0.1) is 10.2 Å². The smallest absolute Gasteiger partial charge is 0.233 e. The molecule has 0 fully saturated rings. The second kappa shape index (κ2) is 9.74. The van der Waals surface area contributed by atoms with Crippen LogP contribution in [0.5, 0.6) is 0 Å². The van der Waals surface area contributed by atoms with Gasteiger partial charge in [0.1, 0.15) is 0 Å². The molecule has 0 aliphatic carbocycles. The summed E-state index contributed by atoms with van der Waals surface area (Å²) < 4.78 is 5.74. The molecule has 2 N–H and O–H groups in total. The number of hydrogen-bond acceptors (Lipinski definition) is 7. The number of carbonyl (C=O) groups excluding carboxylic acids is 1. The molecule has 0 spiro atoms. The van der Waals surface area contributed by atoms with E-state index in [4.69, 9.17) is 4.74 Å². The number of nitrogens with one attached hydrogen (secondary N) is 2. The van der Waals surface area contributed by atoms with Gasteiger partial charge in [-0.3, -0.25) is 4.79 Å². The Morgan fingerprint density at radius 1 is 1.36 bits per heavy atom. The van der Waals surface area contributed by atoms with Crippen molar-refractivity contribution in [3.05, 3.63) is 29.3 Å². The zero-order chi connectivity index (χ0) is 18.2. The van der Waals surface area contributed by atoms with Gasteiger partial charge in [0.2, 0.25) is 11.0 Å². The maximum Gasteiger partial charge on any atom is 0.233 e. The highest BCUT2D eigenvalue weighted by molar-refractivity contribution is 8.02. The summed E-state index contributed by atoms with van der Waals surface area (Å²) in [6.07, 6.45) is 0.808. The Balaban J connectivity index is 1.88. The first-order valence-electron chi connectivity index (χ1n) is 8.11. The normalized spacial score (nSPS) is 12.0. The molecule has 136 valence electrons. The number of methoxy groups -OCH3 is 1. The Labute approximate surface area is 156 Å². The fourth-order valence-corrected chi connectivity index (χ4v) is 4.02. The third kappa shape index (κ3) is 5.98. The number of aryl methyl sites for hydroxylation is 1. The van der Waals surface area contributed by atoms with Gasteiger partial charge in [-0.2, -0.15) is 0 Å². The fraction of sp³-hybridized carbons (Fsp3) is 0.471. The van der Waals surface area contributed by atoms with Crippen LogP contribution in [0.2, 0.25) is 0 Å². The Morgan fingerprint density at radius 3 is 2.92 bits per heavy atom. The van der Waals surface area contributed by atoms with E-state index in [1.54, 1.807) is 7.11 Å². The zero-order valence-electron chi connectivity index (χ0n) is 15.0. The molecule has 1 aromatic heterocycles. The van der Waals surface area contributed by atoms with Gasteiger partial charge in [0.15, 0.2) is 4.34 Å². The average Bonchev–Trinajstić information content (AvgIpc) is 3.02. The first-order chi connectivity index (χ1) is 12.0. The van der Waals surface area contributed by atoms with Gasteiger partial charge in [0.05, 0.1) is 5.25 Å². The number of benzene rings is 1. The number of thioether (sulfide) groups is 1. The van der Waals surface area contributed by atoms with E-state index in [0.717, 1.165) is 21.6 Å². The first-order valence-corrected chi connectivity index (χ1v) is 9.81. The minimum atomic E-state index is -0.218. The largest absolute Gasteiger partial charge is 0.385 e. The van der Waals surface area contributed by atoms with Gasteiger partial charge < -0.3 is 15.4 Å². The summed E-state index contributed by atoms with van der Waals surface area (Å²) in [7, 11) is 1.65. The van der Waals surface area contributed by atoms with Crippen molar-refractivity contribution in [2.45, 2.75) is 36.8 Å². The number of rotatable bonds is 9. The molecule has 25 heavy (non-hydrogen) atoms. The molecule has 0 saturated heterocycles. The summed E-state index contributed by atoms with van der Waals surface area (Å²) in [5, 5.41) is 15.0. The van der Waals surface area contributed by atoms with Crippen LogP contribution in [0.25, 0.3) is 0 Å².